The lowest BCUT2D eigenvalue weighted by Gasteiger charge is -2.27. The molecule has 0 fully saturated rings. The molecule has 13 rings (SSSR count). The number of anilines is 3. The van der Waals surface area contributed by atoms with Crippen LogP contribution in [0.2, 0.25) is 0 Å². The Morgan fingerprint density at radius 3 is 1.65 bits per heavy atom. The SMILES string of the molecule is c1ccc(-c2ccc(-c3ccc(N(c4ccc(-c5ccc6c(c5)oc5c(-c7ccccc7)cccc56)cc4)c4ccc5ccc6ccccc6c5c4)c4c3oc3ccccc34)cc2)cc1. The Kier molecular flexibility index (Phi) is 8.53. The second-order valence-corrected chi connectivity index (χ2v) is 16.8. The summed E-state index contributed by atoms with van der Waals surface area (Å²) in [6, 6.07) is 84.6. The van der Waals surface area contributed by atoms with Gasteiger partial charge in [0.25, 0.3) is 0 Å². The predicted octanol–water partition coefficient (Wildman–Crippen LogP) is 17.9. The summed E-state index contributed by atoms with van der Waals surface area (Å²) >= 11 is 0. The van der Waals surface area contributed by atoms with Crippen LogP contribution in [0, 0.1) is 0 Å². The monoisotopic (exact) mass is 829 g/mol. The molecule has 0 radical (unpaired) electrons. The minimum atomic E-state index is 0.855. The van der Waals surface area contributed by atoms with Crippen molar-refractivity contribution in [2.24, 2.45) is 0 Å². The summed E-state index contributed by atoms with van der Waals surface area (Å²) in [5.74, 6) is 0. The number of furan rings is 2. The van der Waals surface area contributed by atoms with Gasteiger partial charge in [-0.3, -0.25) is 0 Å². The number of fused-ring (bicyclic) bond motifs is 9. The Balaban J connectivity index is 0.970. The molecule has 0 amide bonds. The van der Waals surface area contributed by atoms with Crippen LogP contribution in [0.15, 0.2) is 245 Å². The number of hydrogen-bond acceptors (Lipinski definition) is 3. The maximum atomic E-state index is 6.87. The van der Waals surface area contributed by atoms with Gasteiger partial charge in [-0.2, -0.15) is 0 Å². The van der Waals surface area contributed by atoms with Crippen LogP contribution in [0.1, 0.15) is 0 Å². The van der Waals surface area contributed by atoms with E-state index in [9.17, 15) is 0 Å². The normalized spacial score (nSPS) is 11.7. The Hall–Kier alpha value is -8.66. The third-order valence-corrected chi connectivity index (χ3v) is 13.1. The molecule has 0 spiro atoms. The Morgan fingerprint density at radius 2 is 0.831 bits per heavy atom. The maximum Gasteiger partial charge on any atom is 0.145 e. The van der Waals surface area contributed by atoms with E-state index < -0.39 is 0 Å². The zero-order valence-electron chi connectivity index (χ0n) is 35.3. The van der Waals surface area contributed by atoms with Crippen molar-refractivity contribution in [1.82, 2.24) is 0 Å². The van der Waals surface area contributed by atoms with Gasteiger partial charge in [0.1, 0.15) is 22.3 Å². The standard InChI is InChI=1S/C62H39NO2/c1-3-12-40(13-4-1)41-22-24-45(25-23-41)52-36-37-57(60-55-18-9-10-21-58(55)64-62(52)60)63(49-34-30-46-27-26-44-16-7-8-17-50(44)56(46)39-49)48-32-28-42(29-33-48)47-31-35-53-54-20-11-19-51(43-14-5-2-6-15-43)61(54)65-59(53)38-47/h1-39H. The zero-order chi connectivity index (χ0) is 42.8. The van der Waals surface area contributed by atoms with Crippen molar-refractivity contribution < 1.29 is 8.83 Å². The van der Waals surface area contributed by atoms with Crippen molar-refractivity contribution in [3.8, 4) is 44.5 Å². The lowest BCUT2D eigenvalue weighted by molar-refractivity contribution is 0.669. The van der Waals surface area contributed by atoms with E-state index in [1.54, 1.807) is 0 Å². The molecule has 0 saturated heterocycles. The van der Waals surface area contributed by atoms with Crippen molar-refractivity contribution in [1.29, 1.82) is 0 Å². The molecule has 0 unspecified atom stereocenters. The molecule has 0 aliphatic carbocycles. The second-order valence-electron chi connectivity index (χ2n) is 16.8. The first-order chi connectivity index (χ1) is 32.2. The Bertz CT molecular complexity index is 3920. The molecule has 2 aromatic heterocycles. The quantitative estimate of drug-likeness (QED) is 0.150. The largest absolute Gasteiger partial charge is 0.455 e. The van der Waals surface area contributed by atoms with Gasteiger partial charge in [0, 0.05) is 38.7 Å². The lowest BCUT2D eigenvalue weighted by atomic mass is 9.97. The van der Waals surface area contributed by atoms with Crippen LogP contribution >= 0.6 is 0 Å². The first-order valence-corrected chi connectivity index (χ1v) is 22.1. The van der Waals surface area contributed by atoms with E-state index in [2.05, 4.69) is 235 Å². The van der Waals surface area contributed by atoms with Crippen molar-refractivity contribution >= 4 is 82.5 Å². The molecule has 0 bridgehead atoms. The highest BCUT2D eigenvalue weighted by Crippen LogP contribution is 2.47. The van der Waals surface area contributed by atoms with E-state index in [4.69, 9.17) is 8.83 Å². The van der Waals surface area contributed by atoms with Gasteiger partial charge in [-0.1, -0.05) is 182 Å². The first kappa shape index (κ1) is 36.9. The number of para-hydroxylation sites is 2. The summed E-state index contributed by atoms with van der Waals surface area (Å²) < 4.78 is 13.5. The Morgan fingerprint density at radius 1 is 0.277 bits per heavy atom. The summed E-state index contributed by atoms with van der Waals surface area (Å²) in [5, 5.41) is 9.23. The zero-order valence-corrected chi connectivity index (χ0v) is 35.3. The number of rotatable bonds is 7. The van der Waals surface area contributed by atoms with E-state index in [-0.39, 0.29) is 0 Å². The highest BCUT2D eigenvalue weighted by molar-refractivity contribution is 6.18. The van der Waals surface area contributed by atoms with Crippen LogP contribution in [0.3, 0.4) is 0 Å². The van der Waals surface area contributed by atoms with E-state index in [1.807, 2.05) is 6.07 Å². The fraction of sp³-hybridized carbons (Fsp3) is 0. The van der Waals surface area contributed by atoms with Gasteiger partial charge in [-0.05, 0) is 110 Å². The average molecular weight is 830 g/mol. The van der Waals surface area contributed by atoms with Crippen LogP contribution in [0.5, 0.6) is 0 Å². The summed E-state index contributed by atoms with van der Waals surface area (Å²) in [4.78, 5) is 2.39. The van der Waals surface area contributed by atoms with Gasteiger partial charge < -0.3 is 13.7 Å². The van der Waals surface area contributed by atoms with Crippen LogP contribution in [0.4, 0.5) is 17.1 Å². The number of hydrogen-bond donors (Lipinski definition) is 0. The maximum absolute atomic E-state index is 6.87. The fourth-order valence-electron chi connectivity index (χ4n) is 9.88. The first-order valence-electron chi connectivity index (χ1n) is 22.1. The van der Waals surface area contributed by atoms with Crippen molar-refractivity contribution in [2.75, 3.05) is 4.90 Å². The topological polar surface area (TPSA) is 29.5 Å². The van der Waals surface area contributed by atoms with Gasteiger partial charge in [0.2, 0.25) is 0 Å². The number of benzene rings is 11. The van der Waals surface area contributed by atoms with E-state index >= 15 is 0 Å². The third-order valence-electron chi connectivity index (χ3n) is 13.1. The van der Waals surface area contributed by atoms with Crippen LogP contribution in [0.25, 0.3) is 110 Å². The minimum Gasteiger partial charge on any atom is -0.455 e. The van der Waals surface area contributed by atoms with E-state index in [0.29, 0.717) is 0 Å². The molecule has 3 heteroatoms. The molecule has 0 aliphatic rings. The molecule has 0 atom stereocenters. The van der Waals surface area contributed by atoms with Crippen molar-refractivity contribution in [3.63, 3.8) is 0 Å². The van der Waals surface area contributed by atoms with E-state index in [1.165, 1.54) is 32.7 Å². The summed E-state index contributed by atoms with van der Waals surface area (Å²) in [6.07, 6.45) is 0. The molecular weight excluding hydrogens is 791 g/mol. The average Bonchev–Trinajstić information content (AvgIpc) is 3.96. The van der Waals surface area contributed by atoms with Gasteiger partial charge in [0.05, 0.1) is 11.1 Å². The van der Waals surface area contributed by atoms with Crippen LogP contribution in [-0.2, 0) is 0 Å². The molecular formula is C62H39NO2. The van der Waals surface area contributed by atoms with Crippen molar-refractivity contribution in [3.05, 3.63) is 237 Å². The molecule has 65 heavy (non-hydrogen) atoms. The molecule has 13 aromatic rings. The molecule has 2 heterocycles. The predicted molar refractivity (Wildman–Crippen MR) is 272 cm³/mol. The number of nitrogens with zero attached hydrogens (tertiary/aromatic N) is 1. The van der Waals surface area contributed by atoms with Gasteiger partial charge in [0.15, 0.2) is 0 Å². The summed E-state index contributed by atoms with van der Waals surface area (Å²) in [6.45, 7) is 0. The lowest BCUT2D eigenvalue weighted by Crippen LogP contribution is -2.10. The molecule has 0 aliphatic heterocycles. The van der Waals surface area contributed by atoms with Gasteiger partial charge >= 0.3 is 0 Å². The third kappa shape index (κ3) is 6.20. The Labute approximate surface area is 375 Å². The molecule has 304 valence electrons. The van der Waals surface area contributed by atoms with Crippen molar-refractivity contribution in [2.45, 2.75) is 0 Å². The molecule has 0 N–H and O–H groups in total. The molecule has 3 nitrogen and oxygen atoms in total. The second kappa shape index (κ2) is 15.0. The van der Waals surface area contributed by atoms with Gasteiger partial charge in [-0.15, -0.1) is 0 Å². The van der Waals surface area contributed by atoms with Crippen LogP contribution < -0.4 is 4.90 Å². The van der Waals surface area contributed by atoms with Crippen LogP contribution in [-0.4, -0.2) is 0 Å². The molecule has 11 aromatic carbocycles. The van der Waals surface area contributed by atoms with E-state index in [0.717, 1.165) is 94.3 Å². The minimum absolute atomic E-state index is 0.855. The highest BCUT2D eigenvalue weighted by atomic mass is 16.3. The smallest absolute Gasteiger partial charge is 0.145 e. The molecule has 0 saturated carbocycles. The van der Waals surface area contributed by atoms with Gasteiger partial charge in [-0.25, -0.2) is 0 Å². The fourth-order valence-corrected chi connectivity index (χ4v) is 9.88. The summed E-state index contributed by atoms with van der Waals surface area (Å²) in [5.41, 5.74) is 15.6. The summed E-state index contributed by atoms with van der Waals surface area (Å²) in [7, 11) is 0. The highest BCUT2D eigenvalue weighted by Gasteiger charge is 2.23.